The Kier molecular flexibility index (Phi) is 7.28. The average Bonchev–Trinajstić information content (AvgIpc) is 3.35. The third-order valence-electron chi connectivity index (χ3n) is 6.59. The van der Waals surface area contributed by atoms with Crippen molar-refractivity contribution in [3.05, 3.63) is 89.4 Å². The first-order chi connectivity index (χ1) is 18.0. The van der Waals surface area contributed by atoms with Crippen LogP contribution in [0.5, 0.6) is 17.2 Å². The molecular weight excluding hydrogens is 468 g/mol. The predicted molar refractivity (Wildman–Crippen MR) is 141 cm³/mol. The van der Waals surface area contributed by atoms with Gasteiger partial charge in [-0.05, 0) is 66.4 Å². The minimum Gasteiger partial charge on any atom is -0.493 e. The van der Waals surface area contributed by atoms with Crippen LogP contribution < -0.4 is 19.5 Å². The number of hydrogen-bond acceptors (Lipinski definition) is 6. The Morgan fingerprint density at radius 2 is 1.86 bits per heavy atom. The van der Waals surface area contributed by atoms with Gasteiger partial charge in [0.2, 0.25) is 0 Å². The van der Waals surface area contributed by atoms with Crippen molar-refractivity contribution >= 4 is 11.6 Å². The number of benzene rings is 2. The van der Waals surface area contributed by atoms with Gasteiger partial charge < -0.3 is 23.9 Å². The third kappa shape index (κ3) is 5.70. The van der Waals surface area contributed by atoms with Gasteiger partial charge in [0, 0.05) is 32.0 Å². The maximum absolute atomic E-state index is 12.5. The SMILES string of the molecule is COc1cc2c(cc1OC)CN(Cc1cccc(O[C@H](C)CNC(=O)c3cn4ccccc4n3)c1)CC2. The number of pyridine rings is 1. The molecule has 0 spiro atoms. The highest BCUT2D eigenvalue weighted by Crippen LogP contribution is 2.33. The molecular formula is C29H32N4O4. The van der Waals surface area contributed by atoms with E-state index in [1.807, 2.05) is 47.9 Å². The molecule has 1 amide bonds. The highest BCUT2D eigenvalue weighted by Gasteiger charge is 2.20. The second-order valence-electron chi connectivity index (χ2n) is 9.31. The van der Waals surface area contributed by atoms with Gasteiger partial charge in [-0.3, -0.25) is 9.69 Å². The van der Waals surface area contributed by atoms with E-state index in [0.717, 1.165) is 49.0 Å². The van der Waals surface area contributed by atoms with Crippen molar-refractivity contribution in [3.63, 3.8) is 0 Å². The van der Waals surface area contributed by atoms with E-state index in [4.69, 9.17) is 14.2 Å². The van der Waals surface area contributed by atoms with Crippen LogP contribution >= 0.6 is 0 Å². The third-order valence-corrected chi connectivity index (χ3v) is 6.59. The molecule has 3 heterocycles. The lowest BCUT2D eigenvalue weighted by molar-refractivity contribution is 0.0927. The number of amides is 1. The minimum absolute atomic E-state index is 0.194. The van der Waals surface area contributed by atoms with E-state index in [0.29, 0.717) is 12.2 Å². The number of nitrogens with one attached hydrogen (secondary N) is 1. The summed E-state index contributed by atoms with van der Waals surface area (Å²) in [5.41, 5.74) is 4.89. The largest absolute Gasteiger partial charge is 0.493 e. The van der Waals surface area contributed by atoms with Crippen molar-refractivity contribution in [3.8, 4) is 17.2 Å². The van der Waals surface area contributed by atoms with E-state index < -0.39 is 0 Å². The van der Waals surface area contributed by atoms with Gasteiger partial charge in [0.25, 0.3) is 5.91 Å². The second-order valence-corrected chi connectivity index (χ2v) is 9.31. The standard InChI is InChI=1S/C29H32N4O4/c1-20(16-30-29(34)25-19-33-11-5-4-9-28(33)31-25)37-24-8-6-7-21(13-24)17-32-12-10-22-14-26(35-2)27(36-3)15-23(22)18-32/h4-9,11,13-15,19-20H,10,12,16-18H2,1-3H3,(H,30,34)/t20-/m1/s1. The summed E-state index contributed by atoms with van der Waals surface area (Å²) in [6.07, 6.45) is 4.37. The van der Waals surface area contributed by atoms with Crippen LogP contribution in [0.2, 0.25) is 0 Å². The number of aromatic nitrogens is 2. The number of carbonyl (C=O) groups excluding carboxylic acids is 1. The molecule has 37 heavy (non-hydrogen) atoms. The van der Waals surface area contributed by atoms with Crippen molar-refractivity contribution in [1.29, 1.82) is 0 Å². The molecule has 0 bridgehead atoms. The Balaban J connectivity index is 1.16. The van der Waals surface area contributed by atoms with E-state index in [1.54, 1.807) is 20.4 Å². The van der Waals surface area contributed by atoms with Crippen molar-refractivity contribution in [1.82, 2.24) is 19.6 Å². The predicted octanol–water partition coefficient (Wildman–Crippen LogP) is 4.11. The fourth-order valence-corrected chi connectivity index (χ4v) is 4.70. The van der Waals surface area contributed by atoms with Crippen molar-refractivity contribution in [2.24, 2.45) is 0 Å². The number of fused-ring (bicyclic) bond motifs is 2. The molecule has 0 saturated heterocycles. The highest BCUT2D eigenvalue weighted by molar-refractivity contribution is 5.92. The summed E-state index contributed by atoms with van der Waals surface area (Å²) in [6.45, 7) is 4.97. The molecule has 0 unspecified atom stereocenters. The Bertz CT molecular complexity index is 1370. The first-order valence-corrected chi connectivity index (χ1v) is 12.5. The van der Waals surface area contributed by atoms with Gasteiger partial charge in [0.15, 0.2) is 11.5 Å². The molecule has 1 N–H and O–H groups in total. The van der Waals surface area contributed by atoms with Gasteiger partial charge in [0.1, 0.15) is 23.2 Å². The molecule has 192 valence electrons. The number of rotatable bonds is 9. The van der Waals surface area contributed by atoms with Crippen LogP contribution in [0, 0.1) is 0 Å². The van der Waals surface area contributed by atoms with E-state index in [1.165, 1.54) is 16.7 Å². The molecule has 0 radical (unpaired) electrons. The monoisotopic (exact) mass is 500 g/mol. The molecule has 2 aromatic carbocycles. The van der Waals surface area contributed by atoms with Crippen LogP contribution in [0.15, 0.2) is 67.0 Å². The van der Waals surface area contributed by atoms with Crippen LogP contribution in [0.25, 0.3) is 5.65 Å². The molecule has 8 nitrogen and oxygen atoms in total. The van der Waals surface area contributed by atoms with Crippen molar-refractivity contribution in [2.75, 3.05) is 27.3 Å². The zero-order chi connectivity index (χ0) is 25.8. The lowest BCUT2D eigenvalue weighted by Crippen LogP contribution is -2.33. The zero-order valence-corrected chi connectivity index (χ0v) is 21.4. The molecule has 1 aliphatic heterocycles. The lowest BCUT2D eigenvalue weighted by Gasteiger charge is -2.29. The number of nitrogens with zero attached hydrogens (tertiary/aromatic N) is 3. The fourth-order valence-electron chi connectivity index (χ4n) is 4.70. The zero-order valence-electron chi connectivity index (χ0n) is 21.4. The van der Waals surface area contributed by atoms with E-state index >= 15 is 0 Å². The van der Waals surface area contributed by atoms with E-state index in [9.17, 15) is 4.79 Å². The molecule has 1 aliphatic rings. The topological polar surface area (TPSA) is 77.3 Å². The van der Waals surface area contributed by atoms with Gasteiger partial charge in [-0.15, -0.1) is 0 Å². The molecule has 0 fully saturated rings. The summed E-state index contributed by atoms with van der Waals surface area (Å²) in [6, 6.07) is 18.0. The molecule has 0 aliphatic carbocycles. The van der Waals surface area contributed by atoms with Crippen LogP contribution in [-0.2, 0) is 19.5 Å². The number of hydrogen-bond donors (Lipinski definition) is 1. The van der Waals surface area contributed by atoms with Crippen LogP contribution in [-0.4, -0.2) is 53.6 Å². The summed E-state index contributed by atoms with van der Waals surface area (Å²) in [5, 5.41) is 2.92. The first kappa shape index (κ1) is 24.6. The number of imidazole rings is 1. The van der Waals surface area contributed by atoms with E-state index in [-0.39, 0.29) is 12.0 Å². The minimum atomic E-state index is -0.215. The van der Waals surface area contributed by atoms with Crippen LogP contribution in [0.3, 0.4) is 0 Å². The average molecular weight is 501 g/mol. The molecule has 5 rings (SSSR count). The normalized spacial score (nSPS) is 14.1. The summed E-state index contributed by atoms with van der Waals surface area (Å²) < 4.78 is 18.9. The van der Waals surface area contributed by atoms with Gasteiger partial charge in [-0.25, -0.2) is 4.98 Å². The smallest absolute Gasteiger partial charge is 0.271 e. The Morgan fingerprint density at radius 1 is 1.05 bits per heavy atom. The Morgan fingerprint density at radius 3 is 2.65 bits per heavy atom. The number of methoxy groups -OCH3 is 2. The number of ether oxygens (including phenoxy) is 3. The molecule has 4 aromatic rings. The summed E-state index contributed by atoms with van der Waals surface area (Å²) in [4.78, 5) is 19.3. The Hall–Kier alpha value is -4.04. The fraction of sp³-hybridized carbons (Fsp3) is 0.310. The quantitative estimate of drug-likeness (QED) is 0.373. The maximum atomic E-state index is 12.5. The van der Waals surface area contributed by atoms with Crippen molar-refractivity contribution < 1.29 is 19.0 Å². The molecule has 2 aromatic heterocycles. The lowest BCUT2D eigenvalue weighted by atomic mass is 9.98. The highest BCUT2D eigenvalue weighted by atomic mass is 16.5. The van der Waals surface area contributed by atoms with Gasteiger partial charge in [-0.1, -0.05) is 18.2 Å². The van der Waals surface area contributed by atoms with Crippen LogP contribution in [0.4, 0.5) is 0 Å². The summed E-state index contributed by atoms with van der Waals surface area (Å²) in [5.74, 6) is 2.12. The van der Waals surface area contributed by atoms with Crippen LogP contribution in [0.1, 0.15) is 34.1 Å². The van der Waals surface area contributed by atoms with Gasteiger partial charge in [-0.2, -0.15) is 0 Å². The molecule has 1 atom stereocenters. The summed E-state index contributed by atoms with van der Waals surface area (Å²) >= 11 is 0. The van der Waals surface area contributed by atoms with Gasteiger partial charge in [0.05, 0.1) is 20.8 Å². The Labute approximate surface area is 216 Å². The second kappa shape index (κ2) is 10.9. The molecule has 8 heteroatoms. The van der Waals surface area contributed by atoms with E-state index in [2.05, 4.69) is 39.5 Å². The number of carbonyl (C=O) groups is 1. The molecule has 0 saturated carbocycles. The van der Waals surface area contributed by atoms with Crippen molar-refractivity contribution in [2.45, 2.75) is 32.5 Å². The van der Waals surface area contributed by atoms with Gasteiger partial charge >= 0.3 is 0 Å². The summed E-state index contributed by atoms with van der Waals surface area (Å²) in [7, 11) is 3.34. The maximum Gasteiger partial charge on any atom is 0.271 e. The first-order valence-electron chi connectivity index (χ1n) is 12.5.